The van der Waals surface area contributed by atoms with Crippen molar-refractivity contribution in [1.29, 1.82) is 0 Å². The van der Waals surface area contributed by atoms with Gasteiger partial charge in [0.05, 0.1) is 25.3 Å². The van der Waals surface area contributed by atoms with Crippen LogP contribution in [-0.4, -0.2) is 26.2 Å². The summed E-state index contributed by atoms with van der Waals surface area (Å²) in [7, 11) is 3.08. The van der Waals surface area contributed by atoms with Gasteiger partial charge in [-0.1, -0.05) is 23.7 Å². The average molecular weight is 494 g/mol. The number of hydrogen-bond acceptors (Lipinski definition) is 6. The number of anilines is 1. The zero-order valence-electron chi connectivity index (χ0n) is 19.7. The lowest BCUT2D eigenvalue weighted by Gasteiger charge is -2.18. The van der Waals surface area contributed by atoms with E-state index in [1.165, 1.54) is 7.11 Å². The molecule has 8 heteroatoms. The quantitative estimate of drug-likeness (QED) is 0.348. The number of benzene rings is 3. The molecule has 180 valence electrons. The molecule has 3 aromatic carbocycles. The summed E-state index contributed by atoms with van der Waals surface area (Å²) in [5.74, 6) is 0.791. The van der Waals surface area contributed by atoms with E-state index in [1.54, 1.807) is 74.7 Å². The number of carbonyl (C=O) groups excluding carboxylic acids is 1. The van der Waals surface area contributed by atoms with Crippen LogP contribution in [0.5, 0.6) is 17.2 Å². The van der Waals surface area contributed by atoms with Crippen molar-refractivity contribution in [3.63, 3.8) is 0 Å². The third-order valence-electron chi connectivity index (χ3n) is 5.51. The van der Waals surface area contributed by atoms with Crippen LogP contribution in [0.3, 0.4) is 0 Å². The lowest BCUT2D eigenvalue weighted by atomic mass is 10.1. The maximum absolute atomic E-state index is 13.5. The Bertz CT molecular complexity index is 1450. The summed E-state index contributed by atoms with van der Waals surface area (Å²) >= 11 is 6.27. The van der Waals surface area contributed by atoms with Gasteiger partial charge in [0.15, 0.2) is 11.9 Å². The summed E-state index contributed by atoms with van der Waals surface area (Å²) in [4.78, 5) is 26.4. The number of halogens is 1. The maximum atomic E-state index is 13.5. The van der Waals surface area contributed by atoms with Crippen molar-refractivity contribution >= 4 is 34.2 Å². The molecular formula is C27H24ClNO6. The third-order valence-corrected chi connectivity index (χ3v) is 5.92. The van der Waals surface area contributed by atoms with E-state index in [-0.39, 0.29) is 16.9 Å². The van der Waals surface area contributed by atoms with E-state index in [1.807, 2.05) is 6.92 Å². The fraction of sp³-hybridized carbons (Fsp3) is 0.185. The first-order valence-electron chi connectivity index (χ1n) is 10.8. The van der Waals surface area contributed by atoms with Gasteiger partial charge in [-0.3, -0.25) is 9.59 Å². The van der Waals surface area contributed by atoms with Crippen molar-refractivity contribution < 1.29 is 23.4 Å². The van der Waals surface area contributed by atoms with Gasteiger partial charge in [0.1, 0.15) is 17.1 Å². The number of aryl methyl sites for hydroxylation is 1. The van der Waals surface area contributed by atoms with Gasteiger partial charge < -0.3 is 23.9 Å². The third kappa shape index (κ3) is 4.95. The average Bonchev–Trinajstić information content (AvgIpc) is 2.87. The highest BCUT2D eigenvalue weighted by atomic mass is 35.5. The van der Waals surface area contributed by atoms with Gasteiger partial charge in [-0.15, -0.1) is 0 Å². The molecule has 0 radical (unpaired) electrons. The Kier molecular flexibility index (Phi) is 6.98. The van der Waals surface area contributed by atoms with Crippen LogP contribution < -0.4 is 25.0 Å². The van der Waals surface area contributed by atoms with Crippen LogP contribution in [0, 0.1) is 6.92 Å². The number of rotatable bonds is 7. The first-order chi connectivity index (χ1) is 16.8. The van der Waals surface area contributed by atoms with E-state index in [2.05, 4.69) is 5.32 Å². The van der Waals surface area contributed by atoms with Crippen molar-refractivity contribution in [3.05, 3.63) is 81.5 Å². The molecule has 0 aliphatic carbocycles. The lowest BCUT2D eigenvalue weighted by molar-refractivity contribution is -0.122. The van der Waals surface area contributed by atoms with Gasteiger partial charge in [0.25, 0.3) is 5.91 Å². The van der Waals surface area contributed by atoms with Crippen molar-refractivity contribution in [2.75, 3.05) is 19.5 Å². The Labute approximate surface area is 207 Å². The van der Waals surface area contributed by atoms with Crippen LogP contribution in [0.15, 0.2) is 69.9 Å². The normalized spacial score (nSPS) is 11.7. The van der Waals surface area contributed by atoms with Crippen LogP contribution in [0.25, 0.3) is 22.3 Å². The predicted octanol–water partition coefficient (Wildman–Crippen LogP) is 5.85. The van der Waals surface area contributed by atoms with Gasteiger partial charge >= 0.3 is 0 Å². The van der Waals surface area contributed by atoms with Crippen LogP contribution in [0.4, 0.5) is 5.69 Å². The SMILES string of the molecule is COc1ccc(-c2oc3cc(C)c(Cl)cc3c(=O)c2OC(C)C(=O)Nc2ccccc2OC)cc1. The van der Waals surface area contributed by atoms with Gasteiger partial charge in [0, 0.05) is 10.6 Å². The molecular weight excluding hydrogens is 470 g/mol. The number of hydrogen-bond donors (Lipinski definition) is 1. The molecule has 0 aliphatic heterocycles. The lowest BCUT2D eigenvalue weighted by Crippen LogP contribution is -2.32. The topological polar surface area (TPSA) is 87.0 Å². The number of amides is 1. The number of fused-ring (bicyclic) bond motifs is 1. The van der Waals surface area contributed by atoms with Crippen molar-refractivity contribution in [1.82, 2.24) is 0 Å². The second kappa shape index (κ2) is 10.1. The van der Waals surface area contributed by atoms with E-state index in [9.17, 15) is 9.59 Å². The number of carbonyl (C=O) groups is 1. The highest BCUT2D eigenvalue weighted by Gasteiger charge is 2.24. The molecule has 4 rings (SSSR count). The molecule has 4 aromatic rings. The first-order valence-corrected chi connectivity index (χ1v) is 11.2. The smallest absolute Gasteiger partial charge is 0.265 e. The summed E-state index contributed by atoms with van der Waals surface area (Å²) in [6.45, 7) is 3.37. The molecule has 1 aromatic heterocycles. The molecule has 1 atom stereocenters. The molecule has 35 heavy (non-hydrogen) atoms. The Morgan fingerprint density at radius 1 is 1.03 bits per heavy atom. The van der Waals surface area contributed by atoms with Crippen LogP contribution in [0.1, 0.15) is 12.5 Å². The largest absolute Gasteiger partial charge is 0.497 e. The summed E-state index contributed by atoms with van der Waals surface area (Å²) in [5.41, 5.74) is 1.77. The standard InChI is InChI=1S/C27H24ClNO6/c1-15-13-23-19(14-20(15)28)24(30)26(25(35-23)17-9-11-18(32-3)12-10-17)34-16(2)27(31)29-21-7-5-6-8-22(21)33-4/h5-14,16H,1-4H3,(H,29,31). The Morgan fingerprint density at radius 3 is 2.43 bits per heavy atom. The fourth-order valence-electron chi connectivity index (χ4n) is 3.55. The monoisotopic (exact) mass is 493 g/mol. The molecule has 1 N–H and O–H groups in total. The highest BCUT2D eigenvalue weighted by Crippen LogP contribution is 2.34. The molecule has 0 saturated heterocycles. The minimum atomic E-state index is -1.03. The van der Waals surface area contributed by atoms with Crippen molar-refractivity contribution in [2.24, 2.45) is 0 Å². The van der Waals surface area contributed by atoms with E-state index >= 15 is 0 Å². The van der Waals surface area contributed by atoms with Gasteiger partial charge in [0.2, 0.25) is 11.2 Å². The van der Waals surface area contributed by atoms with Crippen LogP contribution in [0.2, 0.25) is 5.02 Å². The summed E-state index contributed by atoms with van der Waals surface area (Å²) < 4.78 is 22.6. The van der Waals surface area contributed by atoms with Gasteiger partial charge in [-0.2, -0.15) is 0 Å². The van der Waals surface area contributed by atoms with E-state index in [0.29, 0.717) is 33.4 Å². The second-order valence-electron chi connectivity index (χ2n) is 7.87. The fourth-order valence-corrected chi connectivity index (χ4v) is 3.71. The molecule has 0 fully saturated rings. The molecule has 0 bridgehead atoms. The van der Waals surface area contributed by atoms with Crippen molar-refractivity contribution in [3.8, 4) is 28.6 Å². The van der Waals surface area contributed by atoms with E-state index in [4.69, 9.17) is 30.2 Å². The molecule has 0 aliphatic rings. The van der Waals surface area contributed by atoms with E-state index < -0.39 is 17.4 Å². The van der Waals surface area contributed by atoms with Crippen LogP contribution >= 0.6 is 11.6 Å². The molecule has 1 unspecified atom stereocenters. The van der Waals surface area contributed by atoms with Gasteiger partial charge in [-0.05, 0) is 67.9 Å². The molecule has 0 spiro atoms. The minimum absolute atomic E-state index is 0.0923. The van der Waals surface area contributed by atoms with Crippen LogP contribution in [-0.2, 0) is 4.79 Å². The zero-order chi connectivity index (χ0) is 25.1. The van der Waals surface area contributed by atoms with Gasteiger partial charge in [-0.25, -0.2) is 0 Å². The summed E-state index contributed by atoms with van der Waals surface area (Å²) in [6, 6.07) is 17.2. The Hall–Kier alpha value is -3.97. The molecule has 7 nitrogen and oxygen atoms in total. The summed E-state index contributed by atoms with van der Waals surface area (Å²) in [6.07, 6.45) is -1.03. The second-order valence-corrected chi connectivity index (χ2v) is 8.27. The Morgan fingerprint density at radius 2 is 1.74 bits per heavy atom. The number of ether oxygens (including phenoxy) is 3. The summed E-state index contributed by atoms with van der Waals surface area (Å²) in [5, 5.41) is 3.45. The first kappa shape index (κ1) is 24.2. The molecule has 1 amide bonds. The molecule has 0 saturated carbocycles. The molecule has 1 heterocycles. The highest BCUT2D eigenvalue weighted by molar-refractivity contribution is 6.32. The predicted molar refractivity (Wildman–Crippen MR) is 136 cm³/mol. The Balaban J connectivity index is 1.76. The number of nitrogens with one attached hydrogen (secondary N) is 1. The number of para-hydroxylation sites is 2. The minimum Gasteiger partial charge on any atom is -0.497 e. The van der Waals surface area contributed by atoms with Crippen molar-refractivity contribution in [2.45, 2.75) is 20.0 Å². The zero-order valence-corrected chi connectivity index (χ0v) is 20.4. The number of methoxy groups -OCH3 is 2. The maximum Gasteiger partial charge on any atom is 0.265 e. The van der Waals surface area contributed by atoms with E-state index in [0.717, 1.165) is 5.56 Å².